The van der Waals surface area contributed by atoms with E-state index in [0.29, 0.717) is 30.4 Å². The summed E-state index contributed by atoms with van der Waals surface area (Å²) in [5.41, 5.74) is 0.714. The molecular weight excluding hydrogens is 335 g/mol. The van der Waals surface area contributed by atoms with Crippen molar-refractivity contribution in [3.63, 3.8) is 0 Å². The van der Waals surface area contributed by atoms with E-state index in [2.05, 4.69) is 27.3 Å². The Kier molecular flexibility index (Phi) is 5.98. The molecule has 2 unspecified atom stereocenters. The minimum atomic E-state index is -0.299. The van der Waals surface area contributed by atoms with Gasteiger partial charge in [0.25, 0.3) is 0 Å². The van der Waals surface area contributed by atoms with Gasteiger partial charge in [0.1, 0.15) is 5.82 Å². The molecule has 6 nitrogen and oxygen atoms in total. The topological polar surface area (TPSA) is 71.3 Å². The van der Waals surface area contributed by atoms with Crippen LogP contribution in [-0.2, 0) is 11.3 Å². The normalized spacial score (nSPS) is 19.3. The van der Waals surface area contributed by atoms with Crippen LogP contribution in [0.15, 0.2) is 28.8 Å². The van der Waals surface area contributed by atoms with Gasteiger partial charge >= 0.3 is 0 Å². The van der Waals surface area contributed by atoms with Gasteiger partial charge in [0.15, 0.2) is 0 Å². The van der Waals surface area contributed by atoms with Crippen LogP contribution in [-0.4, -0.2) is 40.1 Å². The van der Waals surface area contributed by atoms with Crippen LogP contribution in [0.3, 0.4) is 0 Å². The molecule has 2 atom stereocenters. The first kappa shape index (κ1) is 18.5. The number of nitrogens with zero attached hydrogens (tertiary/aromatic N) is 3. The minimum absolute atomic E-state index is 0.00256. The average Bonchev–Trinajstić information content (AvgIpc) is 3.10. The Bertz CT molecular complexity index is 731. The number of halogens is 1. The maximum Gasteiger partial charge on any atom is 0.241 e. The highest BCUT2D eigenvalue weighted by Gasteiger charge is 2.27. The summed E-state index contributed by atoms with van der Waals surface area (Å²) < 4.78 is 18.3. The molecule has 0 saturated carbocycles. The van der Waals surface area contributed by atoms with Crippen LogP contribution in [0.25, 0.3) is 11.4 Å². The molecule has 1 aromatic carbocycles. The first-order chi connectivity index (χ1) is 12.5. The fraction of sp³-hybridized carbons (Fsp3) is 0.526. The lowest BCUT2D eigenvalue weighted by molar-refractivity contribution is -0.127. The second kappa shape index (κ2) is 8.40. The Labute approximate surface area is 152 Å². The van der Waals surface area contributed by atoms with Gasteiger partial charge in [-0.05, 0) is 57.0 Å². The molecule has 0 spiro atoms. The van der Waals surface area contributed by atoms with Crippen molar-refractivity contribution in [2.75, 3.05) is 13.1 Å². The van der Waals surface area contributed by atoms with E-state index >= 15 is 0 Å². The van der Waals surface area contributed by atoms with Crippen LogP contribution in [0.2, 0.25) is 0 Å². The third kappa shape index (κ3) is 4.66. The zero-order chi connectivity index (χ0) is 18.5. The van der Waals surface area contributed by atoms with E-state index in [1.54, 1.807) is 12.1 Å². The summed E-state index contributed by atoms with van der Waals surface area (Å²) >= 11 is 0. The molecule has 1 amide bonds. The number of benzene rings is 1. The molecule has 140 valence electrons. The predicted molar refractivity (Wildman–Crippen MR) is 95.6 cm³/mol. The second-order valence-electron chi connectivity index (χ2n) is 6.91. The van der Waals surface area contributed by atoms with Gasteiger partial charge in [-0.1, -0.05) is 12.1 Å². The van der Waals surface area contributed by atoms with E-state index in [4.69, 9.17) is 4.52 Å². The molecular formula is C19H25FN4O2. The monoisotopic (exact) mass is 360 g/mol. The standard InChI is InChI=1S/C19H25FN4O2/c1-3-13(2)21-19(25)15-5-4-10-24(11-15)12-17-22-18(23-26-17)14-6-8-16(20)9-7-14/h6-9,13,15H,3-5,10-12H2,1-2H3,(H,21,25). The van der Waals surface area contributed by atoms with E-state index in [1.165, 1.54) is 12.1 Å². The van der Waals surface area contributed by atoms with Crippen LogP contribution in [0.1, 0.15) is 39.0 Å². The molecule has 0 aliphatic carbocycles. The number of aromatic nitrogens is 2. The summed E-state index contributed by atoms with van der Waals surface area (Å²) in [6.07, 6.45) is 2.80. The number of hydrogen-bond acceptors (Lipinski definition) is 5. The molecule has 2 heterocycles. The Morgan fingerprint density at radius 3 is 2.92 bits per heavy atom. The number of likely N-dealkylation sites (tertiary alicyclic amines) is 1. The van der Waals surface area contributed by atoms with Gasteiger partial charge < -0.3 is 9.84 Å². The number of piperidine rings is 1. The summed E-state index contributed by atoms with van der Waals surface area (Å²) in [6.45, 7) is 6.19. The molecule has 3 rings (SSSR count). The molecule has 2 aromatic rings. The van der Waals surface area contributed by atoms with Crippen LogP contribution in [0, 0.1) is 11.7 Å². The number of nitrogens with one attached hydrogen (secondary N) is 1. The summed E-state index contributed by atoms with van der Waals surface area (Å²) in [5, 5.41) is 7.04. The van der Waals surface area contributed by atoms with E-state index in [1.807, 2.05) is 6.92 Å². The molecule has 1 aromatic heterocycles. The van der Waals surface area contributed by atoms with Crippen molar-refractivity contribution in [3.8, 4) is 11.4 Å². The first-order valence-corrected chi connectivity index (χ1v) is 9.16. The SMILES string of the molecule is CCC(C)NC(=O)C1CCCN(Cc2nc(-c3ccc(F)cc3)no2)C1. The van der Waals surface area contributed by atoms with E-state index in [-0.39, 0.29) is 23.7 Å². The molecule has 1 fully saturated rings. The number of amides is 1. The van der Waals surface area contributed by atoms with Gasteiger partial charge in [-0.3, -0.25) is 9.69 Å². The summed E-state index contributed by atoms with van der Waals surface area (Å²) in [7, 11) is 0. The van der Waals surface area contributed by atoms with Crippen molar-refractivity contribution in [3.05, 3.63) is 36.0 Å². The summed E-state index contributed by atoms with van der Waals surface area (Å²) in [6, 6.07) is 6.19. The van der Waals surface area contributed by atoms with Crippen molar-refractivity contribution in [2.24, 2.45) is 5.92 Å². The third-order valence-corrected chi connectivity index (χ3v) is 4.81. The maximum atomic E-state index is 13.0. The van der Waals surface area contributed by atoms with Gasteiger partial charge in [0.2, 0.25) is 17.6 Å². The molecule has 1 aliphatic rings. The Hall–Kier alpha value is -2.28. The highest BCUT2D eigenvalue weighted by molar-refractivity contribution is 5.79. The molecule has 0 radical (unpaired) electrons. The van der Waals surface area contributed by atoms with Crippen LogP contribution in [0.4, 0.5) is 4.39 Å². The fourth-order valence-corrected chi connectivity index (χ4v) is 3.10. The average molecular weight is 360 g/mol. The quantitative estimate of drug-likeness (QED) is 0.857. The number of rotatable bonds is 6. The first-order valence-electron chi connectivity index (χ1n) is 9.16. The minimum Gasteiger partial charge on any atom is -0.353 e. The third-order valence-electron chi connectivity index (χ3n) is 4.81. The van der Waals surface area contributed by atoms with Crippen LogP contribution in [0.5, 0.6) is 0 Å². The van der Waals surface area contributed by atoms with Crippen molar-refractivity contribution in [1.82, 2.24) is 20.4 Å². The van der Waals surface area contributed by atoms with Gasteiger partial charge in [0, 0.05) is 18.2 Å². The molecule has 1 N–H and O–H groups in total. The lowest BCUT2D eigenvalue weighted by atomic mass is 9.96. The lowest BCUT2D eigenvalue weighted by Gasteiger charge is -2.31. The summed E-state index contributed by atoms with van der Waals surface area (Å²) in [4.78, 5) is 18.9. The van der Waals surface area contributed by atoms with Crippen molar-refractivity contribution in [2.45, 2.75) is 45.7 Å². The van der Waals surface area contributed by atoms with Gasteiger partial charge in [-0.25, -0.2) is 4.39 Å². The Morgan fingerprint density at radius 2 is 2.19 bits per heavy atom. The molecule has 1 aliphatic heterocycles. The maximum absolute atomic E-state index is 13.0. The second-order valence-corrected chi connectivity index (χ2v) is 6.91. The highest BCUT2D eigenvalue weighted by Crippen LogP contribution is 2.20. The zero-order valence-electron chi connectivity index (χ0n) is 15.2. The van der Waals surface area contributed by atoms with Gasteiger partial charge in [-0.2, -0.15) is 4.98 Å². The Balaban J connectivity index is 1.58. The Morgan fingerprint density at radius 1 is 1.42 bits per heavy atom. The van der Waals surface area contributed by atoms with E-state index in [0.717, 1.165) is 25.8 Å². The van der Waals surface area contributed by atoms with Crippen LogP contribution >= 0.6 is 0 Å². The highest BCUT2D eigenvalue weighted by atomic mass is 19.1. The summed E-state index contributed by atoms with van der Waals surface area (Å²) in [5.74, 6) is 0.779. The number of hydrogen-bond donors (Lipinski definition) is 1. The van der Waals surface area contributed by atoms with E-state index in [9.17, 15) is 9.18 Å². The van der Waals surface area contributed by atoms with Crippen molar-refractivity contribution >= 4 is 5.91 Å². The van der Waals surface area contributed by atoms with Gasteiger partial charge in [0.05, 0.1) is 12.5 Å². The zero-order valence-corrected chi connectivity index (χ0v) is 15.2. The molecule has 1 saturated heterocycles. The molecule has 0 bridgehead atoms. The number of carbonyl (C=O) groups excluding carboxylic acids is 1. The molecule has 26 heavy (non-hydrogen) atoms. The van der Waals surface area contributed by atoms with Crippen LogP contribution < -0.4 is 5.32 Å². The fourth-order valence-electron chi connectivity index (χ4n) is 3.10. The van der Waals surface area contributed by atoms with E-state index < -0.39 is 0 Å². The number of carbonyl (C=O) groups is 1. The largest absolute Gasteiger partial charge is 0.353 e. The molecule has 7 heteroatoms. The lowest BCUT2D eigenvalue weighted by Crippen LogP contribution is -2.44. The van der Waals surface area contributed by atoms with Crippen molar-refractivity contribution in [1.29, 1.82) is 0 Å². The van der Waals surface area contributed by atoms with Gasteiger partial charge in [-0.15, -0.1) is 0 Å². The van der Waals surface area contributed by atoms with Crippen molar-refractivity contribution < 1.29 is 13.7 Å². The smallest absolute Gasteiger partial charge is 0.241 e. The predicted octanol–water partition coefficient (Wildman–Crippen LogP) is 3.00.